The van der Waals surface area contributed by atoms with E-state index in [9.17, 15) is 4.79 Å². The van der Waals surface area contributed by atoms with Crippen LogP contribution in [0.25, 0.3) is 5.57 Å². The lowest BCUT2D eigenvalue weighted by molar-refractivity contribution is 0.0907. The molecule has 2 aromatic rings. The third-order valence-electron chi connectivity index (χ3n) is 5.72. The standard InChI is InChI=1S/C22H26N2OS/c25-22(19-12-15-26-16-19)23-20-6-8-21(9-7-20)24-13-10-18(11-14-24)17-4-2-1-3-5-17/h1-5,10,12,15-16,20-21H,6-9,11,13-14H2,(H,23,25)/t20-,21-. The molecule has 0 radical (unpaired) electrons. The topological polar surface area (TPSA) is 32.3 Å². The molecular weight excluding hydrogens is 340 g/mol. The van der Waals surface area contributed by atoms with Crippen LogP contribution in [0.3, 0.4) is 0 Å². The lowest BCUT2D eigenvalue weighted by Crippen LogP contribution is -2.45. The van der Waals surface area contributed by atoms with E-state index in [1.54, 1.807) is 11.3 Å². The first-order valence-corrected chi connectivity index (χ1v) is 10.6. The van der Waals surface area contributed by atoms with Crippen LogP contribution in [0.4, 0.5) is 0 Å². The fraction of sp³-hybridized carbons (Fsp3) is 0.409. The second kappa shape index (κ2) is 8.19. The largest absolute Gasteiger partial charge is 0.349 e. The number of hydrogen-bond donors (Lipinski definition) is 1. The van der Waals surface area contributed by atoms with E-state index in [2.05, 4.69) is 46.6 Å². The van der Waals surface area contributed by atoms with E-state index < -0.39 is 0 Å². The predicted octanol–water partition coefficient (Wildman–Crippen LogP) is 4.58. The normalized spacial score (nSPS) is 24.1. The molecule has 3 nitrogen and oxygen atoms in total. The second-order valence-electron chi connectivity index (χ2n) is 7.33. The van der Waals surface area contributed by atoms with Crippen LogP contribution in [0.1, 0.15) is 48.0 Å². The first-order valence-electron chi connectivity index (χ1n) is 9.61. The number of carbonyl (C=O) groups excluding carboxylic acids is 1. The Balaban J connectivity index is 1.26. The van der Waals surface area contributed by atoms with Crippen molar-refractivity contribution in [2.75, 3.05) is 13.1 Å². The summed E-state index contributed by atoms with van der Waals surface area (Å²) >= 11 is 1.57. The van der Waals surface area contributed by atoms with Crippen molar-refractivity contribution >= 4 is 22.8 Å². The number of thiophene rings is 1. The Morgan fingerprint density at radius 1 is 1.08 bits per heavy atom. The van der Waals surface area contributed by atoms with Crippen LogP contribution < -0.4 is 5.32 Å². The lowest BCUT2D eigenvalue weighted by Gasteiger charge is -2.38. The lowest BCUT2D eigenvalue weighted by atomic mass is 9.88. The molecule has 1 saturated carbocycles. The van der Waals surface area contributed by atoms with Gasteiger partial charge in [0.1, 0.15) is 0 Å². The second-order valence-corrected chi connectivity index (χ2v) is 8.11. The van der Waals surface area contributed by atoms with Crippen molar-refractivity contribution in [1.82, 2.24) is 10.2 Å². The number of hydrogen-bond acceptors (Lipinski definition) is 3. The van der Waals surface area contributed by atoms with Gasteiger partial charge >= 0.3 is 0 Å². The van der Waals surface area contributed by atoms with Crippen LogP contribution in [0.2, 0.25) is 0 Å². The Morgan fingerprint density at radius 2 is 1.88 bits per heavy atom. The Labute approximate surface area is 159 Å². The van der Waals surface area contributed by atoms with Crippen molar-refractivity contribution < 1.29 is 4.79 Å². The molecular formula is C22H26N2OS. The fourth-order valence-electron chi connectivity index (χ4n) is 4.18. The molecule has 26 heavy (non-hydrogen) atoms. The minimum absolute atomic E-state index is 0.0862. The van der Waals surface area contributed by atoms with Gasteiger partial charge in [-0.1, -0.05) is 36.4 Å². The Hall–Kier alpha value is -1.91. The molecule has 0 unspecified atom stereocenters. The molecule has 4 rings (SSSR count). The zero-order valence-electron chi connectivity index (χ0n) is 15.1. The van der Waals surface area contributed by atoms with Gasteiger partial charge in [-0.15, -0.1) is 0 Å². The molecule has 0 bridgehead atoms. The molecule has 136 valence electrons. The van der Waals surface area contributed by atoms with E-state index in [1.807, 2.05) is 16.8 Å². The van der Waals surface area contributed by atoms with E-state index in [0.717, 1.165) is 37.9 Å². The zero-order chi connectivity index (χ0) is 17.8. The summed E-state index contributed by atoms with van der Waals surface area (Å²) in [6.07, 6.45) is 8.09. The number of amides is 1. The van der Waals surface area contributed by atoms with E-state index in [-0.39, 0.29) is 5.91 Å². The van der Waals surface area contributed by atoms with Crippen LogP contribution in [0.5, 0.6) is 0 Å². The Kier molecular flexibility index (Phi) is 5.51. The molecule has 2 heterocycles. The first kappa shape index (κ1) is 17.5. The number of carbonyl (C=O) groups is 1. The summed E-state index contributed by atoms with van der Waals surface area (Å²) in [6, 6.07) is 13.6. The highest BCUT2D eigenvalue weighted by Crippen LogP contribution is 2.28. The highest BCUT2D eigenvalue weighted by Gasteiger charge is 2.27. The Morgan fingerprint density at radius 3 is 2.54 bits per heavy atom. The third-order valence-corrected chi connectivity index (χ3v) is 6.40. The summed E-state index contributed by atoms with van der Waals surface area (Å²) in [5.41, 5.74) is 3.65. The summed E-state index contributed by atoms with van der Waals surface area (Å²) in [5, 5.41) is 7.09. The van der Waals surface area contributed by atoms with Gasteiger partial charge in [-0.25, -0.2) is 0 Å². The van der Waals surface area contributed by atoms with Crippen molar-refractivity contribution in [3.8, 4) is 0 Å². The van der Waals surface area contributed by atoms with E-state index >= 15 is 0 Å². The fourth-order valence-corrected chi connectivity index (χ4v) is 4.81. The summed E-state index contributed by atoms with van der Waals surface area (Å²) in [5.74, 6) is 0.0862. The van der Waals surface area contributed by atoms with E-state index in [1.165, 1.54) is 24.0 Å². The van der Waals surface area contributed by atoms with Gasteiger partial charge in [0.25, 0.3) is 5.91 Å². The highest BCUT2D eigenvalue weighted by molar-refractivity contribution is 7.08. The Bertz CT molecular complexity index is 746. The van der Waals surface area contributed by atoms with Crippen LogP contribution in [0, 0.1) is 0 Å². The molecule has 1 aliphatic carbocycles. The molecule has 1 aliphatic heterocycles. The minimum Gasteiger partial charge on any atom is -0.349 e. The summed E-state index contributed by atoms with van der Waals surface area (Å²) in [4.78, 5) is 14.8. The number of nitrogens with one attached hydrogen (secondary N) is 1. The maximum absolute atomic E-state index is 12.2. The third kappa shape index (κ3) is 4.08. The van der Waals surface area contributed by atoms with Crippen LogP contribution in [-0.2, 0) is 0 Å². The van der Waals surface area contributed by atoms with Crippen molar-refractivity contribution in [2.45, 2.75) is 44.2 Å². The number of nitrogens with zero attached hydrogens (tertiary/aromatic N) is 1. The molecule has 1 fully saturated rings. The molecule has 2 aliphatic rings. The van der Waals surface area contributed by atoms with Crippen molar-refractivity contribution in [2.24, 2.45) is 0 Å². The maximum Gasteiger partial charge on any atom is 0.252 e. The summed E-state index contributed by atoms with van der Waals surface area (Å²) < 4.78 is 0. The van der Waals surface area contributed by atoms with Crippen molar-refractivity contribution in [1.29, 1.82) is 0 Å². The van der Waals surface area contributed by atoms with E-state index in [4.69, 9.17) is 0 Å². The van der Waals surface area contributed by atoms with Gasteiger partial charge < -0.3 is 5.32 Å². The van der Waals surface area contributed by atoms with Crippen molar-refractivity contribution in [3.63, 3.8) is 0 Å². The van der Waals surface area contributed by atoms with Gasteiger partial charge in [-0.3, -0.25) is 9.69 Å². The zero-order valence-corrected chi connectivity index (χ0v) is 15.9. The molecule has 0 spiro atoms. The molecule has 4 heteroatoms. The minimum atomic E-state index is 0.0862. The van der Waals surface area contributed by atoms with Crippen LogP contribution in [-0.4, -0.2) is 36.0 Å². The number of rotatable bonds is 4. The average molecular weight is 367 g/mol. The van der Waals surface area contributed by atoms with Gasteiger partial charge in [-0.2, -0.15) is 11.3 Å². The summed E-state index contributed by atoms with van der Waals surface area (Å²) in [7, 11) is 0. The van der Waals surface area contributed by atoms with Gasteiger partial charge in [0.05, 0.1) is 0 Å². The molecule has 0 saturated heterocycles. The van der Waals surface area contributed by atoms with Gasteiger partial charge in [0, 0.05) is 36.1 Å². The predicted molar refractivity (Wildman–Crippen MR) is 108 cm³/mol. The molecule has 0 atom stereocenters. The quantitative estimate of drug-likeness (QED) is 0.859. The molecule has 1 amide bonds. The number of benzene rings is 1. The van der Waals surface area contributed by atoms with Crippen LogP contribution in [0.15, 0.2) is 53.2 Å². The maximum atomic E-state index is 12.2. The van der Waals surface area contributed by atoms with Gasteiger partial charge in [0.15, 0.2) is 0 Å². The van der Waals surface area contributed by atoms with Crippen LogP contribution >= 0.6 is 11.3 Å². The monoisotopic (exact) mass is 366 g/mol. The smallest absolute Gasteiger partial charge is 0.252 e. The van der Waals surface area contributed by atoms with E-state index in [0.29, 0.717) is 12.1 Å². The van der Waals surface area contributed by atoms with Gasteiger partial charge in [-0.05, 0) is 54.7 Å². The van der Waals surface area contributed by atoms with Crippen molar-refractivity contribution in [3.05, 3.63) is 64.4 Å². The SMILES string of the molecule is O=C(N[C@H]1CC[C@H](N2CC=C(c3ccccc3)CC2)CC1)c1ccsc1. The molecule has 1 aromatic carbocycles. The first-order chi connectivity index (χ1) is 12.8. The summed E-state index contributed by atoms with van der Waals surface area (Å²) in [6.45, 7) is 2.21. The van der Waals surface area contributed by atoms with Gasteiger partial charge in [0.2, 0.25) is 0 Å². The average Bonchev–Trinajstić information content (AvgIpc) is 3.25. The molecule has 1 N–H and O–H groups in total. The molecule has 1 aromatic heterocycles. The highest BCUT2D eigenvalue weighted by atomic mass is 32.1.